The van der Waals surface area contributed by atoms with Gasteiger partial charge in [-0.3, -0.25) is 0 Å². The molecule has 0 amide bonds. The second-order valence-electron chi connectivity index (χ2n) is 0.0913. The van der Waals surface area contributed by atoms with Crippen LogP contribution in [0, 0.1) is 0 Å². The van der Waals surface area contributed by atoms with Gasteiger partial charge in [0.2, 0.25) is 0 Å². The van der Waals surface area contributed by atoms with Crippen LogP contribution >= 0.6 is 0 Å². The Balaban J connectivity index is 0. The molecule has 0 spiro atoms. The molecule has 0 aromatic heterocycles. The monoisotopic (exact) mass is 90.0 g/mol. The summed E-state index contributed by atoms with van der Waals surface area (Å²) in [7, 11) is 0. The third-order valence-corrected chi connectivity index (χ3v) is 0. The predicted molar refractivity (Wildman–Crippen MR) is 8.32 cm³/mol. The average molecular weight is 90.0 g/mol. The van der Waals surface area contributed by atoms with Gasteiger partial charge in [-0.1, -0.05) is 6.47 Å². The molecule has 0 aliphatic carbocycles. The molecule has 0 aromatic carbocycles. The van der Waals surface area contributed by atoms with Crippen molar-refractivity contribution >= 4 is 6.47 Å². The Morgan fingerprint density at radius 2 is 1.75 bits per heavy atom. The maximum Gasteiger partial charge on any atom is 0 e. The topological polar surface area (TPSA) is 37.3 Å². The first-order valence-electron chi connectivity index (χ1n) is 0.428. The molecule has 0 saturated carbocycles. The maximum atomic E-state index is 8.24. The molecular formula is CHO2Sc-. The first-order valence-corrected chi connectivity index (χ1v) is 0.428. The molecule has 1 N–H and O–H groups in total. The van der Waals surface area contributed by atoms with E-state index in [0.717, 1.165) is 0 Å². The van der Waals surface area contributed by atoms with E-state index in [2.05, 4.69) is 0 Å². The molecule has 0 unspecified atom stereocenters. The van der Waals surface area contributed by atoms with E-state index in [4.69, 9.17) is 9.90 Å². The van der Waals surface area contributed by atoms with E-state index in [1.54, 1.807) is 0 Å². The summed E-state index contributed by atoms with van der Waals surface area (Å²) in [6, 6.07) is 0. The van der Waals surface area contributed by atoms with Crippen LogP contribution in [0.3, 0.4) is 0 Å². The van der Waals surface area contributed by atoms with Crippen LogP contribution in [0.5, 0.6) is 0 Å². The smallest absolute Gasteiger partial charge is 0 e. The first-order chi connectivity index (χ1) is 1.41. The molecule has 3 heteroatoms. The number of aliphatic hydroxyl groups excluding tert-OH is 1. The van der Waals surface area contributed by atoms with E-state index in [1.807, 2.05) is 0 Å². The fourth-order valence-corrected chi connectivity index (χ4v) is 0. The van der Waals surface area contributed by atoms with Crippen molar-refractivity contribution in [2.24, 2.45) is 0 Å². The van der Waals surface area contributed by atoms with Crippen LogP contribution < -0.4 is 0 Å². The predicted octanol–water partition coefficient (Wildman–Crippen LogP) is -0.391. The van der Waals surface area contributed by atoms with Gasteiger partial charge in [-0.15, -0.1) is 0 Å². The van der Waals surface area contributed by atoms with Crippen LogP contribution in [-0.2, 0) is 30.6 Å². The zero-order chi connectivity index (χ0) is 2.71. The quantitative estimate of drug-likeness (QED) is 0.411. The molecule has 0 aliphatic rings. The van der Waals surface area contributed by atoms with Crippen LogP contribution in [0.25, 0.3) is 0 Å². The van der Waals surface area contributed by atoms with Crippen LogP contribution in [0.15, 0.2) is 0 Å². The molecule has 0 heterocycles. The van der Waals surface area contributed by atoms with E-state index in [0.29, 0.717) is 6.47 Å². The summed E-state index contributed by atoms with van der Waals surface area (Å²) in [5.41, 5.74) is 0. The summed E-state index contributed by atoms with van der Waals surface area (Å²) in [6.45, 7) is 0.500. The second-order valence-corrected chi connectivity index (χ2v) is 0.0913. The largest absolute Gasteiger partial charge is 0.665 e. The van der Waals surface area contributed by atoms with Gasteiger partial charge in [0, 0.05) is 25.8 Å². The molecule has 4 heavy (non-hydrogen) atoms. The zero-order valence-corrected chi connectivity index (χ0v) is 3.74. The van der Waals surface area contributed by atoms with Gasteiger partial charge in [0.15, 0.2) is 0 Å². The molecule has 1 radical (unpaired) electrons. The molecule has 2 nitrogen and oxygen atoms in total. The average Bonchev–Trinajstić information content (AvgIpc) is 0.918. The van der Waals surface area contributed by atoms with E-state index in [1.165, 1.54) is 0 Å². The van der Waals surface area contributed by atoms with Crippen LogP contribution in [0.1, 0.15) is 0 Å². The van der Waals surface area contributed by atoms with Gasteiger partial charge in [0.1, 0.15) is 0 Å². The molecule has 0 rings (SSSR count). The van der Waals surface area contributed by atoms with Crippen molar-refractivity contribution in [3.63, 3.8) is 0 Å². The number of hydrogen-bond acceptors (Lipinski definition) is 1. The standard InChI is InChI=1S/CHO2.Sc/c2-1-3;/h(H,2,3);/q-1;. The molecule has 0 aliphatic heterocycles. The Bertz CT molecular complexity index is 13.5. The molecule has 21 valence electrons. The van der Waals surface area contributed by atoms with Gasteiger partial charge in [-0.25, -0.2) is 0 Å². The molecule has 0 fully saturated rings. The van der Waals surface area contributed by atoms with Crippen molar-refractivity contribution in [1.29, 1.82) is 0 Å². The zero-order valence-electron chi connectivity index (χ0n) is 1.93. The SMILES string of the molecule is O=[C-]O.[Sc]. The van der Waals surface area contributed by atoms with Crippen LogP contribution in [0.2, 0.25) is 0 Å². The molecule has 0 saturated heterocycles. The second kappa shape index (κ2) is 10.2. The van der Waals surface area contributed by atoms with Gasteiger partial charge in [-0.05, 0) is 0 Å². The van der Waals surface area contributed by atoms with Crippen molar-refractivity contribution in [3.8, 4) is 0 Å². The number of hydrogen-bond donors (Lipinski definition) is 1. The third-order valence-electron chi connectivity index (χ3n) is 0. The van der Waals surface area contributed by atoms with Crippen molar-refractivity contribution < 1.29 is 35.7 Å². The van der Waals surface area contributed by atoms with Crippen molar-refractivity contribution in [2.45, 2.75) is 0 Å². The van der Waals surface area contributed by atoms with Crippen LogP contribution in [0.4, 0.5) is 0 Å². The minimum absolute atomic E-state index is 0. The normalized spacial score (nSPS) is 3.00. The third kappa shape index (κ3) is 36.3. The van der Waals surface area contributed by atoms with Crippen molar-refractivity contribution in [2.75, 3.05) is 0 Å². The van der Waals surface area contributed by atoms with E-state index < -0.39 is 0 Å². The van der Waals surface area contributed by atoms with Gasteiger partial charge in [0.05, 0.1) is 0 Å². The Labute approximate surface area is 42.6 Å². The Kier molecular flexibility index (Phi) is 22.5. The molecular weight excluding hydrogens is 89.0 g/mol. The van der Waals surface area contributed by atoms with Gasteiger partial charge >= 0.3 is 0 Å². The van der Waals surface area contributed by atoms with Crippen molar-refractivity contribution in [1.82, 2.24) is 0 Å². The Hall–Kier alpha value is 0.340. The fourth-order valence-electron chi connectivity index (χ4n) is 0. The van der Waals surface area contributed by atoms with E-state index >= 15 is 0 Å². The summed E-state index contributed by atoms with van der Waals surface area (Å²) in [4.78, 5) is 8.24. The minimum Gasteiger partial charge on any atom is -0.665 e. The summed E-state index contributed by atoms with van der Waals surface area (Å²) >= 11 is 0. The minimum atomic E-state index is 0. The number of rotatable bonds is 0. The van der Waals surface area contributed by atoms with Gasteiger partial charge < -0.3 is 9.90 Å². The maximum absolute atomic E-state index is 8.24. The van der Waals surface area contributed by atoms with E-state index in [9.17, 15) is 0 Å². The van der Waals surface area contributed by atoms with E-state index in [-0.39, 0.29) is 25.8 Å². The molecule has 0 aromatic rings. The van der Waals surface area contributed by atoms with Crippen molar-refractivity contribution in [3.05, 3.63) is 0 Å². The van der Waals surface area contributed by atoms with Gasteiger partial charge in [-0.2, -0.15) is 0 Å². The summed E-state index contributed by atoms with van der Waals surface area (Å²) in [5.74, 6) is 0. The Morgan fingerprint density at radius 3 is 1.75 bits per heavy atom. The summed E-state index contributed by atoms with van der Waals surface area (Å²) in [6.07, 6.45) is 0. The Morgan fingerprint density at radius 1 is 1.75 bits per heavy atom. The fraction of sp³-hybridized carbons (Fsp3) is 0. The molecule has 0 atom stereocenters. The first kappa shape index (κ1) is 8.84. The molecule has 0 bridgehead atoms. The van der Waals surface area contributed by atoms with Gasteiger partial charge in [0.25, 0.3) is 0 Å². The van der Waals surface area contributed by atoms with Crippen LogP contribution in [-0.4, -0.2) is 11.6 Å². The summed E-state index contributed by atoms with van der Waals surface area (Å²) in [5, 5.41) is 6.76. The summed E-state index contributed by atoms with van der Waals surface area (Å²) < 4.78 is 0.